The molecule has 108 valence electrons. The molecule has 1 aliphatic carbocycles. The molecular formula is C15H18O5. The molecule has 20 heavy (non-hydrogen) atoms. The first kappa shape index (κ1) is 14.4. The fourth-order valence-electron chi connectivity index (χ4n) is 2.56. The van der Waals surface area contributed by atoms with Crippen LogP contribution >= 0.6 is 0 Å². The smallest absolute Gasteiger partial charge is 0.306 e. The number of benzene rings is 1. The summed E-state index contributed by atoms with van der Waals surface area (Å²) in [5.41, 5.74) is 0.159. The minimum absolute atomic E-state index is 0.0907. The van der Waals surface area contributed by atoms with Crippen LogP contribution in [0.3, 0.4) is 0 Å². The molecule has 0 heterocycles. The topological polar surface area (TPSA) is 83.8 Å². The average Bonchev–Trinajstić information content (AvgIpc) is 2.45. The van der Waals surface area contributed by atoms with Gasteiger partial charge in [-0.1, -0.05) is 6.07 Å². The highest BCUT2D eigenvalue weighted by Crippen LogP contribution is 2.31. The fourth-order valence-corrected chi connectivity index (χ4v) is 2.56. The standard InChI is InChI=1S/C15H18O5/c16-8-12-13(17)2-1-3-14(12)20-9-10-4-6-11(7-5-10)15(18)19/h1-3,8,10-11,17H,4-7,9H2,(H,18,19). The van der Waals surface area contributed by atoms with E-state index < -0.39 is 5.97 Å². The molecule has 0 aromatic heterocycles. The molecule has 0 bridgehead atoms. The van der Waals surface area contributed by atoms with Crippen LogP contribution in [0, 0.1) is 11.8 Å². The second kappa shape index (κ2) is 6.41. The van der Waals surface area contributed by atoms with E-state index in [1.54, 1.807) is 12.1 Å². The van der Waals surface area contributed by atoms with Crippen molar-refractivity contribution >= 4 is 12.3 Å². The van der Waals surface area contributed by atoms with Crippen molar-refractivity contribution in [3.05, 3.63) is 23.8 Å². The zero-order valence-corrected chi connectivity index (χ0v) is 11.1. The molecule has 5 heteroatoms. The number of aliphatic carboxylic acids is 1. The van der Waals surface area contributed by atoms with Crippen LogP contribution < -0.4 is 4.74 Å². The number of carboxylic acids is 1. The minimum Gasteiger partial charge on any atom is -0.507 e. The van der Waals surface area contributed by atoms with E-state index in [1.807, 2.05) is 0 Å². The Morgan fingerprint density at radius 3 is 2.60 bits per heavy atom. The van der Waals surface area contributed by atoms with Gasteiger partial charge in [0, 0.05) is 0 Å². The summed E-state index contributed by atoms with van der Waals surface area (Å²) >= 11 is 0. The Hall–Kier alpha value is -2.04. The third kappa shape index (κ3) is 3.29. The fraction of sp³-hybridized carbons (Fsp3) is 0.467. The van der Waals surface area contributed by atoms with E-state index in [2.05, 4.69) is 0 Å². The first-order chi connectivity index (χ1) is 9.61. The van der Waals surface area contributed by atoms with Crippen molar-refractivity contribution in [3.63, 3.8) is 0 Å². The summed E-state index contributed by atoms with van der Waals surface area (Å²) in [6, 6.07) is 4.71. The van der Waals surface area contributed by atoms with Gasteiger partial charge in [0.05, 0.1) is 18.1 Å². The van der Waals surface area contributed by atoms with Gasteiger partial charge < -0.3 is 14.9 Å². The molecule has 1 saturated carbocycles. The number of hydrogen-bond donors (Lipinski definition) is 2. The van der Waals surface area contributed by atoms with Gasteiger partial charge in [-0.15, -0.1) is 0 Å². The monoisotopic (exact) mass is 278 g/mol. The molecule has 0 atom stereocenters. The van der Waals surface area contributed by atoms with Gasteiger partial charge in [0.15, 0.2) is 6.29 Å². The number of rotatable bonds is 5. The van der Waals surface area contributed by atoms with Gasteiger partial charge in [0.1, 0.15) is 11.5 Å². The summed E-state index contributed by atoms with van der Waals surface area (Å²) < 4.78 is 5.61. The quantitative estimate of drug-likeness (QED) is 0.808. The van der Waals surface area contributed by atoms with Crippen molar-refractivity contribution in [1.82, 2.24) is 0 Å². The lowest BCUT2D eigenvalue weighted by atomic mass is 9.82. The SMILES string of the molecule is O=Cc1c(O)cccc1OCC1CCC(C(=O)O)CC1. The molecule has 5 nitrogen and oxygen atoms in total. The van der Waals surface area contributed by atoms with Gasteiger partial charge in [0.2, 0.25) is 0 Å². The van der Waals surface area contributed by atoms with Crippen LogP contribution in [-0.4, -0.2) is 29.1 Å². The van der Waals surface area contributed by atoms with E-state index in [4.69, 9.17) is 9.84 Å². The van der Waals surface area contributed by atoms with Crippen LogP contribution in [0.1, 0.15) is 36.0 Å². The highest BCUT2D eigenvalue weighted by atomic mass is 16.5. The lowest BCUT2D eigenvalue weighted by Gasteiger charge is -2.26. The van der Waals surface area contributed by atoms with E-state index in [9.17, 15) is 14.7 Å². The van der Waals surface area contributed by atoms with E-state index in [1.165, 1.54) is 6.07 Å². The third-order valence-electron chi connectivity index (χ3n) is 3.83. The second-order valence-electron chi connectivity index (χ2n) is 5.17. The van der Waals surface area contributed by atoms with Crippen molar-refractivity contribution in [2.24, 2.45) is 11.8 Å². The summed E-state index contributed by atoms with van der Waals surface area (Å²) in [7, 11) is 0. The van der Waals surface area contributed by atoms with E-state index in [-0.39, 0.29) is 17.2 Å². The van der Waals surface area contributed by atoms with Gasteiger partial charge in [-0.05, 0) is 43.7 Å². The second-order valence-corrected chi connectivity index (χ2v) is 5.17. The summed E-state index contributed by atoms with van der Waals surface area (Å²) in [5.74, 6) is -0.377. The Morgan fingerprint density at radius 2 is 2.00 bits per heavy atom. The van der Waals surface area contributed by atoms with Crippen molar-refractivity contribution in [3.8, 4) is 11.5 Å². The highest BCUT2D eigenvalue weighted by molar-refractivity contribution is 5.83. The minimum atomic E-state index is -0.722. The predicted molar refractivity (Wildman–Crippen MR) is 72.1 cm³/mol. The maximum absolute atomic E-state index is 10.9. The normalized spacial score (nSPS) is 22.2. The lowest BCUT2D eigenvalue weighted by molar-refractivity contribution is -0.143. The van der Waals surface area contributed by atoms with E-state index in [0.717, 1.165) is 12.8 Å². The van der Waals surface area contributed by atoms with Gasteiger partial charge in [-0.3, -0.25) is 9.59 Å². The first-order valence-corrected chi connectivity index (χ1v) is 6.74. The summed E-state index contributed by atoms with van der Waals surface area (Å²) in [6.07, 6.45) is 3.54. The molecule has 0 aliphatic heterocycles. The molecule has 0 unspecified atom stereocenters. The predicted octanol–water partition coefficient (Wildman–Crippen LogP) is 2.47. The van der Waals surface area contributed by atoms with Crippen LogP contribution in [0.15, 0.2) is 18.2 Å². The zero-order valence-electron chi connectivity index (χ0n) is 11.1. The van der Waals surface area contributed by atoms with Crippen molar-refractivity contribution < 1.29 is 24.5 Å². The molecule has 2 rings (SSSR count). The van der Waals surface area contributed by atoms with Crippen molar-refractivity contribution in [2.75, 3.05) is 6.61 Å². The Balaban J connectivity index is 1.89. The van der Waals surface area contributed by atoms with Gasteiger partial charge in [-0.25, -0.2) is 0 Å². The highest BCUT2D eigenvalue weighted by Gasteiger charge is 2.26. The maximum atomic E-state index is 10.9. The lowest BCUT2D eigenvalue weighted by Crippen LogP contribution is -2.24. The molecule has 0 amide bonds. The molecule has 1 aliphatic rings. The molecule has 0 spiro atoms. The summed E-state index contributed by atoms with van der Waals surface area (Å²) in [5, 5.41) is 18.5. The number of carboxylic acid groups (broad SMARTS) is 1. The van der Waals surface area contributed by atoms with Crippen LogP contribution in [0.4, 0.5) is 0 Å². The number of phenols is 1. The first-order valence-electron chi connectivity index (χ1n) is 6.74. The number of phenolic OH excluding ortho intramolecular Hbond substituents is 1. The molecule has 1 fully saturated rings. The molecule has 1 aromatic rings. The largest absolute Gasteiger partial charge is 0.507 e. The number of carbonyl (C=O) groups is 2. The Morgan fingerprint density at radius 1 is 1.30 bits per heavy atom. The maximum Gasteiger partial charge on any atom is 0.306 e. The summed E-state index contributed by atoms with van der Waals surface area (Å²) in [6.45, 7) is 0.441. The summed E-state index contributed by atoms with van der Waals surface area (Å²) in [4.78, 5) is 21.8. The van der Waals surface area contributed by atoms with Crippen LogP contribution in [0.2, 0.25) is 0 Å². The molecule has 1 aromatic carbocycles. The average molecular weight is 278 g/mol. The van der Waals surface area contributed by atoms with Gasteiger partial charge >= 0.3 is 5.97 Å². The molecule has 0 radical (unpaired) electrons. The third-order valence-corrected chi connectivity index (χ3v) is 3.83. The van der Waals surface area contributed by atoms with Crippen molar-refractivity contribution in [1.29, 1.82) is 0 Å². The number of aldehydes is 1. The number of aromatic hydroxyl groups is 1. The Kier molecular flexibility index (Phi) is 4.61. The number of hydrogen-bond acceptors (Lipinski definition) is 4. The van der Waals surface area contributed by atoms with Crippen molar-refractivity contribution in [2.45, 2.75) is 25.7 Å². The van der Waals surface area contributed by atoms with E-state index in [0.29, 0.717) is 37.4 Å². The Bertz CT molecular complexity index is 489. The Labute approximate surface area is 117 Å². The number of ether oxygens (including phenoxy) is 1. The van der Waals surface area contributed by atoms with Crippen LogP contribution in [0.25, 0.3) is 0 Å². The van der Waals surface area contributed by atoms with Crippen LogP contribution in [-0.2, 0) is 4.79 Å². The number of carbonyl (C=O) groups excluding carboxylic acids is 1. The molecule has 2 N–H and O–H groups in total. The molecule has 0 saturated heterocycles. The van der Waals surface area contributed by atoms with Gasteiger partial charge in [-0.2, -0.15) is 0 Å². The van der Waals surface area contributed by atoms with Crippen LogP contribution in [0.5, 0.6) is 11.5 Å². The molecular weight excluding hydrogens is 260 g/mol. The van der Waals surface area contributed by atoms with E-state index >= 15 is 0 Å². The van der Waals surface area contributed by atoms with Gasteiger partial charge in [0.25, 0.3) is 0 Å². The zero-order chi connectivity index (χ0) is 14.5.